The third kappa shape index (κ3) is 2.12. The molecule has 2 aromatic rings. The Kier molecular flexibility index (Phi) is 3.02. The molecule has 7 heteroatoms. The average molecular weight is 243 g/mol. The largest absolute Gasteiger partial charge is 0.335 e. The number of nitrogens with one attached hydrogen (secondary N) is 1. The number of anilines is 1. The van der Waals surface area contributed by atoms with Gasteiger partial charge in [0.05, 0.1) is 5.02 Å². The maximum atomic E-state index is 13.5. The standard InChI is InChI=1S/C9H8ClFN4O/c10-6-3-1-2-5(8(6)11)4-7-13-9(14-12)16-15-7/h1-3H,4,12H2,(H,13,14,15). The number of hydrogen-bond donors (Lipinski definition) is 2. The molecule has 1 aromatic heterocycles. The van der Waals surface area contributed by atoms with Crippen molar-refractivity contribution in [1.29, 1.82) is 0 Å². The van der Waals surface area contributed by atoms with Crippen LogP contribution in [0.1, 0.15) is 11.4 Å². The SMILES string of the molecule is NNc1nc(Cc2cccc(Cl)c2F)no1. The van der Waals surface area contributed by atoms with Gasteiger partial charge in [-0.3, -0.25) is 5.43 Å². The first-order valence-electron chi connectivity index (χ1n) is 4.43. The second-order valence-electron chi connectivity index (χ2n) is 3.05. The highest BCUT2D eigenvalue weighted by molar-refractivity contribution is 6.30. The second-order valence-corrected chi connectivity index (χ2v) is 3.46. The summed E-state index contributed by atoms with van der Waals surface area (Å²) in [5, 5.41) is 3.68. The van der Waals surface area contributed by atoms with Gasteiger partial charge in [-0.15, -0.1) is 0 Å². The minimum Gasteiger partial charge on any atom is -0.314 e. The Hall–Kier alpha value is -1.66. The second kappa shape index (κ2) is 4.46. The van der Waals surface area contributed by atoms with Gasteiger partial charge in [0, 0.05) is 6.42 Å². The minimum atomic E-state index is -0.476. The summed E-state index contributed by atoms with van der Waals surface area (Å²) in [4.78, 5) is 3.87. The molecule has 0 aliphatic heterocycles. The summed E-state index contributed by atoms with van der Waals surface area (Å²) in [7, 11) is 0. The van der Waals surface area contributed by atoms with Crippen LogP contribution in [0.4, 0.5) is 10.4 Å². The number of rotatable bonds is 3. The fourth-order valence-electron chi connectivity index (χ4n) is 1.24. The predicted molar refractivity (Wildman–Crippen MR) is 56.3 cm³/mol. The summed E-state index contributed by atoms with van der Waals surface area (Å²) in [5.74, 6) is 4.92. The van der Waals surface area contributed by atoms with Crippen molar-refractivity contribution in [3.05, 3.63) is 40.4 Å². The first-order chi connectivity index (χ1) is 7.70. The summed E-state index contributed by atoms with van der Waals surface area (Å²) in [6.45, 7) is 0. The van der Waals surface area contributed by atoms with Gasteiger partial charge in [0.15, 0.2) is 5.82 Å². The third-order valence-electron chi connectivity index (χ3n) is 1.97. The molecule has 1 heterocycles. The van der Waals surface area contributed by atoms with Crippen molar-refractivity contribution in [1.82, 2.24) is 10.1 Å². The van der Waals surface area contributed by atoms with Crippen LogP contribution in [0.5, 0.6) is 0 Å². The first-order valence-corrected chi connectivity index (χ1v) is 4.80. The molecular weight excluding hydrogens is 235 g/mol. The normalized spacial score (nSPS) is 10.4. The van der Waals surface area contributed by atoms with Gasteiger partial charge >= 0.3 is 6.01 Å². The van der Waals surface area contributed by atoms with Gasteiger partial charge in [0.25, 0.3) is 0 Å². The van der Waals surface area contributed by atoms with E-state index in [-0.39, 0.29) is 17.5 Å². The zero-order valence-corrected chi connectivity index (χ0v) is 8.83. The molecule has 0 saturated heterocycles. The van der Waals surface area contributed by atoms with Crippen LogP contribution in [-0.2, 0) is 6.42 Å². The van der Waals surface area contributed by atoms with Crippen molar-refractivity contribution in [3.63, 3.8) is 0 Å². The van der Waals surface area contributed by atoms with Gasteiger partial charge in [-0.25, -0.2) is 10.2 Å². The van der Waals surface area contributed by atoms with Gasteiger partial charge < -0.3 is 4.52 Å². The Labute approximate surface area is 95.4 Å². The zero-order valence-electron chi connectivity index (χ0n) is 8.08. The molecule has 5 nitrogen and oxygen atoms in total. The molecule has 84 valence electrons. The number of nitrogens with two attached hydrogens (primary N) is 1. The monoisotopic (exact) mass is 242 g/mol. The van der Waals surface area contributed by atoms with Crippen molar-refractivity contribution >= 4 is 17.6 Å². The Bertz CT molecular complexity index is 502. The van der Waals surface area contributed by atoms with E-state index in [9.17, 15) is 4.39 Å². The molecular formula is C9H8ClFN4O. The van der Waals surface area contributed by atoms with E-state index in [2.05, 4.69) is 15.6 Å². The van der Waals surface area contributed by atoms with Crippen molar-refractivity contribution in [3.8, 4) is 0 Å². The molecule has 0 amide bonds. The van der Waals surface area contributed by atoms with Gasteiger partial charge in [0.2, 0.25) is 0 Å². The average Bonchev–Trinajstić information content (AvgIpc) is 2.73. The lowest BCUT2D eigenvalue weighted by Crippen LogP contribution is -2.06. The highest BCUT2D eigenvalue weighted by Crippen LogP contribution is 2.19. The smallest absolute Gasteiger partial charge is 0.314 e. The molecule has 0 aliphatic carbocycles. The van der Waals surface area contributed by atoms with Crippen LogP contribution in [0, 0.1) is 5.82 Å². The molecule has 0 spiro atoms. The molecule has 0 atom stereocenters. The van der Waals surface area contributed by atoms with Gasteiger partial charge in [-0.2, -0.15) is 4.98 Å². The molecule has 3 N–H and O–H groups in total. The Morgan fingerprint density at radius 2 is 2.31 bits per heavy atom. The Morgan fingerprint density at radius 1 is 1.50 bits per heavy atom. The lowest BCUT2D eigenvalue weighted by Gasteiger charge is -2.00. The Morgan fingerprint density at radius 3 is 3.00 bits per heavy atom. The fraction of sp³-hybridized carbons (Fsp3) is 0.111. The van der Waals surface area contributed by atoms with Crippen LogP contribution < -0.4 is 11.3 Å². The van der Waals surface area contributed by atoms with Crippen LogP contribution in [-0.4, -0.2) is 10.1 Å². The minimum absolute atomic E-state index is 0.0677. The van der Waals surface area contributed by atoms with Gasteiger partial charge in [-0.1, -0.05) is 28.9 Å². The van der Waals surface area contributed by atoms with Gasteiger partial charge in [0.1, 0.15) is 5.82 Å². The van der Waals surface area contributed by atoms with E-state index < -0.39 is 5.82 Å². The van der Waals surface area contributed by atoms with E-state index in [1.807, 2.05) is 0 Å². The van der Waals surface area contributed by atoms with E-state index in [0.29, 0.717) is 11.4 Å². The zero-order chi connectivity index (χ0) is 11.5. The van der Waals surface area contributed by atoms with Crippen LogP contribution >= 0.6 is 11.6 Å². The molecule has 0 radical (unpaired) electrons. The maximum Gasteiger partial charge on any atom is 0.335 e. The number of nitrogen functional groups attached to an aromatic ring is 1. The number of hydrogen-bond acceptors (Lipinski definition) is 5. The van der Waals surface area contributed by atoms with Crippen molar-refractivity contribution < 1.29 is 8.91 Å². The van der Waals surface area contributed by atoms with E-state index in [1.165, 1.54) is 6.07 Å². The summed E-state index contributed by atoms with van der Waals surface area (Å²) >= 11 is 5.64. The summed E-state index contributed by atoms with van der Waals surface area (Å²) < 4.78 is 18.2. The van der Waals surface area contributed by atoms with Crippen LogP contribution in [0.2, 0.25) is 5.02 Å². The Balaban J connectivity index is 2.23. The number of aromatic nitrogens is 2. The molecule has 1 aromatic carbocycles. The molecule has 0 aliphatic rings. The fourth-order valence-corrected chi connectivity index (χ4v) is 1.43. The quantitative estimate of drug-likeness (QED) is 0.633. The van der Waals surface area contributed by atoms with E-state index in [0.717, 1.165) is 0 Å². The third-order valence-corrected chi connectivity index (χ3v) is 2.26. The lowest BCUT2D eigenvalue weighted by atomic mass is 10.1. The maximum absolute atomic E-state index is 13.5. The van der Waals surface area contributed by atoms with E-state index >= 15 is 0 Å². The van der Waals surface area contributed by atoms with Crippen molar-refractivity contribution in [2.75, 3.05) is 5.43 Å². The van der Waals surface area contributed by atoms with Crippen LogP contribution in [0.25, 0.3) is 0 Å². The number of nitrogens with zero attached hydrogens (tertiary/aromatic N) is 2. The molecule has 0 saturated carbocycles. The molecule has 0 unspecified atom stereocenters. The predicted octanol–water partition coefficient (Wildman–Crippen LogP) is 1.74. The molecule has 2 rings (SSSR count). The lowest BCUT2D eigenvalue weighted by molar-refractivity contribution is 0.424. The van der Waals surface area contributed by atoms with Crippen LogP contribution in [0.3, 0.4) is 0 Å². The highest BCUT2D eigenvalue weighted by Gasteiger charge is 2.11. The highest BCUT2D eigenvalue weighted by atomic mass is 35.5. The van der Waals surface area contributed by atoms with Crippen LogP contribution in [0.15, 0.2) is 22.7 Å². The van der Waals surface area contributed by atoms with E-state index in [1.54, 1.807) is 12.1 Å². The van der Waals surface area contributed by atoms with Crippen molar-refractivity contribution in [2.24, 2.45) is 5.84 Å². The van der Waals surface area contributed by atoms with Crippen molar-refractivity contribution in [2.45, 2.75) is 6.42 Å². The summed E-state index contributed by atoms with van der Waals surface area (Å²) in [5.41, 5.74) is 2.60. The topological polar surface area (TPSA) is 77.0 Å². The number of halogens is 2. The molecule has 16 heavy (non-hydrogen) atoms. The number of benzene rings is 1. The number of hydrazine groups is 1. The van der Waals surface area contributed by atoms with Gasteiger partial charge in [-0.05, 0) is 11.6 Å². The summed E-state index contributed by atoms with van der Waals surface area (Å²) in [6, 6.07) is 4.82. The first kappa shape index (κ1) is 10.8. The molecule has 0 bridgehead atoms. The van der Waals surface area contributed by atoms with E-state index in [4.69, 9.17) is 22.0 Å². The molecule has 0 fully saturated rings. The summed E-state index contributed by atoms with van der Waals surface area (Å²) in [6.07, 6.45) is 0.192.